The van der Waals surface area contributed by atoms with Crippen LogP contribution in [-0.4, -0.2) is 39.9 Å². The topological polar surface area (TPSA) is 33.3 Å². The van der Waals surface area contributed by atoms with Crippen LogP contribution in [0.5, 0.6) is 0 Å². The van der Waals surface area contributed by atoms with Crippen LogP contribution >= 0.6 is 0 Å². The third-order valence-corrected chi connectivity index (χ3v) is 4.98. The molecule has 2 N–H and O–H groups in total. The van der Waals surface area contributed by atoms with Gasteiger partial charge in [-0.05, 0) is 44.2 Å². The zero-order valence-electron chi connectivity index (χ0n) is 12.2. The summed E-state index contributed by atoms with van der Waals surface area (Å²) in [5, 5.41) is 7.21. The Morgan fingerprint density at radius 3 is 2.33 bits per heavy atom. The molecule has 0 atom stereocenters. The van der Waals surface area contributed by atoms with E-state index in [0.29, 0.717) is 10.8 Å². The fourth-order valence-corrected chi connectivity index (χ4v) is 3.67. The number of nitrogens with one attached hydrogen (secondary N) is 2. The molecule has 1 saturated carbocycles. The highest BCUT2D eigenvalue weighted by molar-refractivity contribution is 4.89. The maximum absolute atomic E-state index is 5.46. The molecule has 0 spiro atoms. The van der Waals surface area contributed by atoms with Crippen LogP contribution < -0.4 is 10.6 Å². The normalized spacial score (nSPS) is 26.3. The standard InChI is InChI=1S/C15H30N2O/c1-14(5-3-4-6-14)11-17-12-15(13-18-2)7-9-16-10-8-15/h16-17H,3-13H2,1-2H3. The van der Waals surface area contributed by atoms with Crippen LogP contribution in [0.4, 0.5) is 0 Å². The molecule has 0 aromatic carbocycles. The molecule has 0 aromatic heterocycles. The molecule has 0 aromatic rings. The molecule has 3 nitrogen and oxygen atoms in total. The van der Waals surface area contributed by atoms with Crippen LogP contribution in [0.1, 0.15) is 45.4 Å². The van der Waals surface area contributed by atoms with E-state index in [1.807, 2.05) is 7.11 Å². The lowest BCUT2D eigenvalue weighted by molar-refractivity contribution is 0.0516. The van der Waals surface area contributed by atoms with Crippen molar-refractivity contribution in [3.63, 3.8) is 0 Å². The summed E-state index contributed by atoms with van der Waals surface area (Å²) >= 11 is 0. The highest BCUT2D eigenvalue weighted by Gasteiger charge is 2.33. The summed E-state index contributed by atoms with van der Waals surface area (Å²) in [7, 11) is 1.84. The zero-order chi connectivity index (χ0) is 12.9. The van der Waals surface area contributed by atoms with Gasteiger partial charge >= 0.3 is 0 Å². The molecule has 1 saturated heterocycles. The molecule has 1 aliphatic carbocycles. The minimum Gasteiger partial charge on any atom is -0.384 e. The Hall–Kier alpha value is -0.120. The van der Waals surface area contributed by atoms with E-state index in [4.69, 9.17) is 4.74 Å². The maximum atomic E-state index is 5.46. The van der Waals surface area contributed by atoms with Crippen molar-refractivity contribution in [2.75, 3.05) is 39.9 Å². The van der Waals surface area contributed by atoms with E-state index >= 15 is 0 Å². The molecule has 2 aliphatic rings. The van der Waals surface area contributed by atoms with E-state index in [0.717, 1.165) is 26.2 Å². The molecule has 0 unspecified atom stereocenters. The van der Waals surface area contributed by atoms with Gasteiger partial charge in [-0.2, -0.15) is 0 Å². The molecule has 106 valence electrons. The Labute approximate surface area is 112 Å². The van der Waals surface area contributed by atoms with Crippen molar-refractivity contribution < 1.29 is 4.74 Å². The minimum atomic E-state index is 0.370. The van der Waals surface area contributed by atoms with Gasteiger partial charge in [-0.3, -0.25) is 0 Å². The second-order valence-corrected chi connectivity index (χ2v) is 6.80. The molecule has 0 amide bonds. The number of hydrogen-bond acceptors (Lipinski definition) is 3. The van der Waals surface area contributed by atoms with Crippen molar-refractivity contribution in [1.29, 1.82) is 0 Å². The van der Waals surface area contributed by atoms with Crippen LogP contribution in [-0.2, 0) is 4.74 Å². The molecular formula is C15H30N2O. The Bertz CT molecular complexity index is 237. The predicted molar refractivity (Wildman–Crippen MR) is 75.9 cm³/mol. The van der Waals surface area contributed by atoms with Gasteiger partial charge in [0.05, 0.1) is 6.61 Å². The summed E-state index contributed by atoms with van der Waals surface area (Å²) in [6.45, 7) is 7.94. The second kappa shape index (κ2) is 6.36. The summed E-state index contributed by atoms with van der Waals surface area (Å²) in [6, 6.07) is 0. The van der Waals surface area contributed by atoms with Crippen LogP contribution in [0.2, 0.25) is 0 Å². The molecule has 18 heavy (non-hydrogen) atoms. The first-order chi connectivity index (χ1) is 8.68. The maximum Gasteiger partial charge on any atom is 0.0531 e. The monoisotopic (exact) mass is 254 g/mol. The van der Waals surface area contributed by atoms with Gasteiger partial charge in [0.25, 0.3) is 0 Å². The molecule has 2 fully saturated rings. The van der Waals surface area contributed by atoms with Gasteiger partial charge in [0.1, 0.15) is 0 Å². The predicted octanol–water partition coefficient (Wildman–Crippen LogP) is 2.17. The third-order valence-electron chi connectivity index (χ3n) is 4.98. The zero-order valence-corrected chi connectivity index (χ0v) is 12.2. The van der Waals surface area contributed by atoms with Gasteiger partial charge in [0.15, 0.2) is 0 Å². The second-order valence-electron chi connectivity index (χ2n) is 6.80. The first-order valence-electron chi connectivity index (χ1n) is 7.59. The lowest BCUT2D eigenvalue weighted by atomic mass is 9.79. The number of piperidine rings is 1. The van der Waals surface area contributed by atoms with Crippen molar-refractivity contribution in [1.82, 2.24) is 10.6 Å². The Kier molecular flexibility index (Phi) is 5.05. The van der Waals surface area contributed by atoms with Crippen molar-refractivity contribution in [2.24, 2.45) is 10.8 Å². The fraction of sp³-hybridized carbons (Fsp3) is 1.00. The molecule has 1 aliphatic heterocycles. The van der Waals surface area contributed by atoms with Crippen LogP contribution in [0.15, 0.2) is 0 Å². The highest BCUT2D eigenvalue weighted by Crippen LogP contribution is 2.37. The molecule has 0 radical (unpaired) electrons. The number of ether oxygens (including phenoxy) is 1. The average Bonchev–Trinajstić information content (AvgIpc) is 2.78. The van der Waals surface area contributed by atoms with Crippen molar-refractivity contribution in [2.45, 2.75) is 45.4 Å². The molecular weight excluding hydrogens is 224 g/mol. The molecule has 1 heterocycles. The van der Waals surface area contributed by atoms with E-state index in [1.54, 1.807) is 0 Å². The molecule has 0 bridgehead atoms. The first-order valence-corrected chi connectivity index (χ1v) is 7.59. The Balaban J connectivity index is 1.78. The van der Waals surface area contributed by atoms with Crippen molar-refractivity contribution >= 4 is 0 Å². The SMILES string of the molecule is COCC1(CNCC2(C)CCCC2)CCNCC1. The van der Waals surface area contributed by atoms with Crippen molar-refractivity contribution in [3.8, 4) is 0 Å². The Morgan fingerprint density at radius 2 is 1.72 bits per heavy atom. The highest BCUT2D eigenvalue weighted by atomic mass is 16.5. The van der Waals surface area contributed by atoms with Gasteiger partial charge < -0.3 is 15.4 Å². The van der Waals surface area contributed by atoms with E-state index in [1.165, 1.54) is 45.1 Å². The largest absolute Gasteiger partial charge is 0.384 e. The smallest absolute Gasteiger partial charge is 0.0531 e. The van der Waals surface area contributed by atoms with Gasteiger partial charge in [0, 0.05) is 25.6 Å². The first kappa shape index (κ1) is 14.3. The number of hydrogen-bond donors (Lipinski definition) is 2. The van der Waals surface area contributed by atoms with Gasteiger partial charge in [-0.15, -0.1) is 0 Å². The summed E-state index contributed by atoms with van der Waals surface area (Å²) in [5.41, 5.74) is 0.927. The average molecular weight is 254 g/mol. The Morgan fingerprint density at radius 1 is 1.06 bits per heavy atom. The van der Waals surface area contributed by atoms with Gasteiger partial charge in [0.2, 0.25) is 0 Å². The molecule has 3 heteroatoms. The summed E-state index contributed by atoms with van der Waals surface area (Å²) < 4.78 is 5.46. The quantitative estimate of drug-likeness (QED) is 0.762. The van der Waals surface area contributed by atoms with Gasteiger partial charge in [-0.25, -0.2) is 0 Å². The number of rotatable bonds is 6. The van der Waals surface area contributed by atoms with Crippen LogP contribution in [0.25, 0.3) is 0 Å². The summed E-state index contributed by atoms with van der Waals surface area (Å²) in [4.78, 5) is 0. The molecule has 2 rings (SSSR count). The van der Waals surface area contributed by atoms with E-state index < -0.39 is 0 Å². The van der Waals surface area contributed by atoms with E-state index in [-0.39, 0.29) is 0 Å². The van der Waals surface area contributed by atoms with Crippen LogP contribution in [0.3, 0.4) is 0 Å². The number of methoxy groups -OCH3 is 1. The van der Waals surface area contributed by atoms with E-state index in [2.05, 4.69) is 17.6 Å². The fourth-order valence-electron chi connectivity index (χ4n) is 3.67. The minimum absolute atomic E-state index is 0.370. The van der Waals surface area contributed by atoms with Gasteiger partial charge in [-0.1, -0.05) is 19.8 Å². The van der Waals surface area contributed by atoms with Crippen molar-refractivity contribution in [3.05, 3.63) is 0 Å². The van der Waals surface area contributed by atoms with Crippen LogP contribution in [0, 0.1) is 10.8 Å². The lowest BCUT2D eigenvalue weighted by Gasteiger charge is -2.38. The van der Waals surface area contributed by atoms with E-state index in [9.17, 15) is 0 Å². The summed E-state index contributed by atoms with van der Waals surface area (Å²) in [6.07, 6.45) is 8.13. The third kappa shape index (κ3) is 3.69. The summed E-state index contributed by atoms with van der Waals surface area (Å²) in [5.74, 6) is 0. The lowest BCUT2D eigenvalue weighted by Crippen LogP contribution is -2.47.